The average Bonchev–Trinajstić information content (AvgIpc) is 3.18. The maximum Gasteiger partial charge on any atom is 0.262 e. The first-order chi connectivity index (χ1) is 15.9. The lowest BCUT2D eigenvalue weighted by Gasteiger charge is -2.31. The zero-order valence-corrected chi connectivity index (χ0v) is 20.1. The zero-order chi connectivity index (χ0) is 24.0. The highest BCUT2D eigenvalue weighted by Gasteiger charge is 2.32. The molecule has 4 amide bonds. The van der Waals surface area contributed by atoms with E-state index in [4.69, 9.17) is 0 Å². The first kappa shape index (κ1) is 24.8. The molecular formula is C23H31N5O4S. The molecule has 1 fully saturated rings. The lowest BCUT2D eigenvalue weighted by Crippen LogP contribution is -2.42. The van der Waals surface area contributed by atoms with E-state index >= 15 is 0 Å². The lowest BCUT2D eigenvalue weighted by molar-refractivity contribution is -0.125. The van der Waals surface area contributed by atoms with E-state index in [0.29, 0.717) is 42.3 Å². The van der Waals surface area contributed by atoms with Crippen molar-refractivity contribution in [2.24, 2.45) is 10.9 Å². The van der Waals surface area contributed by atoms with Gasteiger partial charge in [-0.15, -0.1) is 0 Å². The standard InChI is InChI=1S/C23H31N5O4S/c1-4-27(5-2)23-26-21(31)18(33-23)14-19(29)25-17-8-6-7-16(13-17)22(32)28-11-9-15(10-12-28)20(30)24-3/h6-8,13,15,18H,4-5,9-12,14H2,1-3H3,(H,24,30)(H,25,29). The molecule has 2 N–H and O–H groups in total. The number of anilines is 1. The molecule has 9 nitrogen and oxygen atoms in total. The van der Waals surface area contributed by atoms with Gasteiger partial charge >= 0.3 is 0 Å². The Hall–Kier alpha value is -2.88. The van der Waals surface area contributed by atoms with Gasteiger partial charge in [0, 0.05) is 56.8 Å². The van der Waals surface area contributed by atoms with Gasteiger partial charge in [-0.2, -0.15) is 4.99 Å². The fraction of sp³-hybridized carbons (Fsp3) is 0.522. The van der Waals surface area contributed by atoms with Crippen LogP contribution in [0.3, 0.4) is 0 Å². The topological polar surface area (TPSA) is 111 Å². The third-order valence-electron chi connectivity index (χ3n) is 5.93. The molecule has 3 rings (SSSR count). The number of piperidine rings is 1. The van der Waals surface area contributed by atoms with Crippen molar-refractivity contribution in [1.82, 2.24) is 15.1 Å². The number of benzene rings is 1. The van der Waals surface area contributed by atoms with E-state index in [2.05, 4.69) is 15.6 Å². The van der Waals surface area contributed by atoms with Gasteiger partial charge in [0.15, 0.2) is 5.17 Å². The minimum absolute atomic E-state index is 0.0142. The van der Waals surface area contributed by atoms with Crippen molar-refractivity contribution in [3.05, 3.63) is 29.8 Å². The van der Waals surface area contributed by atoms with E-state index in [9.17, 15) is 19.2 Å². The summed E-state index contributed by atoms with van der Waals surface area (Å²) in [6.07, 6.45) is 1.28. The normalized spacial score (nSPS) is 18.6. The maximum atomic E-state index is 12.9. The number of thioether (sulfide) groups is 1. The summed E-state index contributed by atoms with van der Waals surface area (Å²) in [5.41, 5.74) is 0.982. The fourth-order valence-electron chi connectivity index (χ4n) is 3.98. The number of aliphatic imine (C=N–C) groups is 1. The number of amides is 4. The van der Waals surface area contributed by atoms with E-state index in [1.165, 1.54) is 11.8 Å². The number of hydrogen-bond acceptors (Lipinski definition) is 6. The Kier molecular flexibility index (Phi) is 8.49. The minimum atomic E-state index is -0.535. The molecule has 0 aliphatic carbocycles. The summed E-state index contributed by atoms with van der Waals surface area (Å²) in [6.45, 7) is 6.52. The number of hydrogen-bond donors (Lipinski definition) is 2. The molecule has 0 radical (unpaired) electrons. The molecule has 33 heavy (non-hydrogen) atoms. The molecule has 1 aromatic carbocycles. The predicted octanol–water partition coefficient (Wildman–Crippen LogP) is 1.95. The summed E-state index contributed by atoms with van der Waals surface area (Å²) in [5.74, 6) is -0.762. The molecule has 1 atom stereocenters. The van der Waals surface area contributed by atoms with Crippen LogP contribution in [0.2, 0.25) is 0 Å². The van der Waals surface area contributed by atoms with Crippen LogP contribution >= 0.6 is 11.8 Å². The van der Waals surface area contributed by atoms with Gasteiger partial charge in [-0.3, -0.25) is 19.2 Å². The van der Waals surface area contributed by atoms with Gasteiger partial charge in [0.2, 0.25) is 11.8 Å². The molecule has 2 aliphatic rings. The largest absolute Gasteiger partial charge is 0.359 e. The Balaban J connectivity index is 1.55. The van der Waals surface area contributed by atoms with Crippen molar-refractivity contribution < 1.29 is 19.2 Å². The Morgan fingerprint density at radius 3 is 2.52 bits per heavy atom. The van der Waals surface area contributed by atoms with Gasteiger partial charge in [0.25, 0.3) is 11.8 Å². The summed E-state index contributed by atoms with van der Waals surface area (Å²) in [6, 6.07) is 6.79. The van der Waals surface area contributed by atoms with Gasteiger partial charge in [0.05, 0.1) is 0 Å². The summed E-state index contributed by atoms with van der Waals surface area (Å²) in [5, 5.41) is 5.59. The summed E-state index contributed by atoms with van der Waals surface area (Å²) in [7, 11) is 1.62. The van der Waals surface area contributed by atoms with Crippen LogP contribution < -0.4 is 10.6 Å². The lowest BCUT2D eigenvalue weighted by atomic mass is 9.95. The monoisotopic (exact) mass is 473 g/mol. The van der Waals surface area contributed by atoms with Crippen molar-refractivity contribution in [3.8, 4) is 0 Å². The smallest absolute Gasteiger partial charge is 0.262 e. The Bertz CT molecular complexity index is 939. The van der Waals surface area contributed by atoms with Crippen molar-refractivity contribution in [1.29, 1.82) is 0 Å². The summed E-state index contributed by atoms with van der Waals surface area (Å²) >= 11 is 1.32. The number of amidine groups is 1. The number of likely N-dealkylation sites (tertiary alicyclic amines) is 1. The van der Waals surface area contributed by atoms with Crippen molar-refractivity contribution in [3.63, 3.8) is 0 Å². The van der Waals surface area contributed by atoms with E-state index in [-0.39, 0.29) is 36.0 Å². The fourth-order valence-corrected chi connectivity index (χ4v) is 5.17. The number of nitrogens with zero attached hydrogens (tertiary/aromatic N) is 3. The molecule has 0 bridgehead atoms. The first-order valence-electron chi connectivity index (χ1n) is 11.3. The molecule has 2 aliphatic heterocycles. The quantitative estimate of drug-likeness (QED) is 0.626. The van der Waals surface area contributed by atoms with E-state index < -0.39 is 5.25 Å². The number of carbonyl (C=O) groups excluding carboxylic acids is 4. The van der Waals surface area contributed by atoms with Crippen LogP contribution in [0.5, 0.6) is 0 Å². The van der Waals surface area contributed by atoms with Crippen LogP contribution in [0.25, 0.3) is 0 Å². The van der Waals surface area contributed by atoms with Gasteiger partial charge < -0.3 is 20.4 Å². The third kappa shape index (κ3) is 6.13. The second-order valence-electron chi connectivity index (χ2n) is 8.03. The maximum absolute atomic E-state index is 12.9. The molecule has 0 saturated carbocycles. The average molecular weight is 474 g/mol. The molecule has 1 aromatic rings. The van der Waals surface area contributed by atoms with Crippen molar-refractivity contribution in [2.75, 3.05) is 38.5 Å². The predicted molar refractivity (Wildman–Crippen MR) is 129 cm³/mol. The van der Waals surface area contributed by atoms with Crippen LogP contribution in [0.4, 0.5) is 5.69 Å². The first-order valence-corrected chi connectivity index (χ1v) is 12.2. The van der Waals surface area contributed by atoms with Gasteiger partial charge in [-0.1, -0.05) is 17.8 Å². The van der Waals surface area contributed by atoms with E-state index in [0.717, 1.165) is 13.1 Å². The number of carbonyl (C=O) groups is 4. The Morgan fingerprint density at radius 2 is 1.88 bits per heavy atom. The van der Waals surface area contributed by atoms with Gasteiger partial charge in [0.1, 0.15) is 5.25 Å². The van der Waals surface area contributed by atoms with Crippen LogP contribution in [-0.2, 0) is 14.4 Å². The summed E-state index contributed by atoms with van der Waals surface area (Å²) in [4.78, 5) is 57.3. The Labute approximate surface area is 198 Å². The molecule has 178 valence electrons. The van der Waals surface area contributed by atoms with Crippen molar-refractivity contribution in [2.45, 2.75) is 38.4 Å². The minimum Gasteiger partial charge on any atom is -0.359 e. The van der Waals surface area contributed by atoms with Crippen LogP contribution in [-0.4, -0.2) is 77.1 Å². The number of rotatable bonds is 7. The molecular weight excluding hydrogens is 442 g/mol. The molecule has 1 saturated heterocycles. The van der Waals surface area contributed by atoms with E-state index in [1.807, 2.05) is 18.7 Å². The van der Waals surface area contributed by atoms with Crippen LogP contribution in [0, 0.1) is 5.92 Å². The van der Waals surface area contributed by atoms with Crippen molar-refractivity contribution >= 4 is 46.2 Å². The molecule has 0 aromatic heterocycles. The second-order valence-corrected chi connectivity index (χ2v) is 9.20. The molecule has 1 unspecified atom stereocenters. The second kappa shape index (κ2) is 11.3. The number of nitrogens with one attached hydrogen (secondary N) is 2. The highest BCUT2D eigenvalue weighted by atomic mass is 32.2. The van der Waals surface area contributed by atoms with Gasteiger partial charge in [-0.05, 0) is 44.9 Å². The highest BCUT2D eigenvalue weighted by molar-refractivity contribution is 8.15. The molecule has 0 spiro atoms. The highest BCUT2D eigenvalue weighted by Crippen LogP contribution is 2.27. The molecule has 2 heterocycles. The van der Waals surface area contributed by atoms with Crippen LogP contribution in [0.1, 0.15) is 43.5 Å². The van der Waals surface area contributed by atoms with E-state index in [1.54, 1.807) is 36.2 Å². The zero-order valence-electron chi connectivity index (χ0n) is 19.3. The summed E-state index contributed by atoms with van der Waals surface area (Å²) < 4.78 is 0. The SMILES string of the molecule is CCN(CC)C1=NC(=O)C(CC(=O)Nc2cccc(C(=O)N3CCC(C(=O)NC)CC3)c2)S1. The third-order valence-corrected chi connectivity index (χ3v) is 7.14. The molecule has 10 heteroatoms. The van der Waals surface area contributed by atoms with Gasteiger partial charge in [-0.25, -0.2) is 0 Å². The van der Waals surface area contributed by atoms with Crippen LogP contribution in [0.15, 0.2) is 29.3 Å². The Morgan fingerprint density at radius 1 is 1.18 bits per heavy atom.